The van der Waals surface area contributed by atoms with Crippen molar-refractivity contribution in [3.8, 4) is 11.8 Å². The van der Waals surface area contributed by atoms with E-state index in [0.29, 0.717) is 16.6 Å². The van der Waals surface area contributed by atoms with Gasteiger partial charge in [0.25, 0.3) is 5.56 Å². The molecule has 0 saturated heterocycles. The minimum absolute atomic E-state index is 0.0839. The van der Waals surface area contributed by atoms with Crippen molar-refractivity contribution in [2.75, 3.05) is 0 Å². The highest BCUT2D eigenvalue weighted by molar-refractivity contribution is 9.10. The van der Waals surface area contributed by atoms with E-state index in [0.717, 1.165) is 9.17 Å². The zero-order valence-electron chi connectivity index (χ0n) is 9.63. The van der Waals surface area contributed by atoms with Crippen molar-refractivity contribution in [3.05, 3.63) is 62.9 Å². The van der Waals surface area contributed by atoms with Crippen LogP contribution in [0.5, 0.6) is 0 Å². The van der Waals surface area contributed by atoms with Crippen LogP contribution in [0.25, 0.3) is 15.8 Å². The molecular formula is C14H7BrN2OS. The maximum Gasteiger partial charge on any atom is 0.273 e. The lowest BCUT2D eigenvalue weighted by molar-refractivity contribution is 1.13. The average molecular weight is 331 g/mol. The van der Waals surface area contributed by atoms with Gasteiger partial charge in [-0.3, -0.25) is 4.79 Å². The Bertz CT molecular complexity index is 873. The van der Waals surface area contributed by atoms with Crippen molar-refractivity contribution in [1.29, 1.82) is 5.26 Å². The predicted octanol–water partition coefficient (Wildman–Crippen LogP) is 3.69. The van der Waals surface area contributed by atoms with Gasteiger partial charge in [-0.05, 0) is 30.3 Å². The summed E-state index contributed by atoms with van der Waals surface area (Å²) in [7, 11) is 0. The lowest BCUT2D eigenvalue weighted by atomic mass is 10.2. The molecule has 19 heavy (non-hydrogen) atoms. The molecule has 1 aromatic heterocycles. The Morgan fingerprint density at radius 3 is 2.74 bits per heavy atom. The SMILES string of the molecule is N#Cc1cc(Br)ccc1-n1sc2ccccc2c1=O. The van der Waals surface area contributed by atoms with E-state index in [2.05, 4.69) is 22.0 Å². The van der Waals surface area contributed by atoms with Gasteiger partial charge < -0.3 is 0 Å². The van der Waals surface area contributed by atoms with Crippen molar-refractivity contribution in [2.24, 2.45) is 0 Å². The van der Waals surface area contributed by atoms with E-state index < -0.39 is 0 Å². The molecule has 0 unspecified atom stereocenters. The minimum Gasteiger partial charge on any atom is -0.267 e. The number of hydrogen-bond acceptors (Lipinski definition) is 3. The van der Waals surface area contributed by atoms with Crippen LogP contribution in [0, 0.1) is 11.3 Å². The number of halogens is 1. The normalized spacial score (nSPS) is 10.5. The fraction of sp³-hybridized carbons (Fsp3) is 0. The van der Waals surface area contributed by atoms with Crippen LogP contribution >= 0.6 is 27.5 Å². The quantitative estimate of drug-likeness (QED) is 0.683. The van der Waals surface area contributed by atoms with Crippen LogP contribution in [-0.2, 0) is 0 Å². The molecule has 92 valence electrons. The Hall–Kier alpha value is -1.90. The van der Waals surface area contributed by atoms with Crippen molar-refractivity contribution in [3.63, 3.8) is 0 Å². The first kappa shape index (κ1) is 12.2. The summed E-state index contributed by atoms with van der Waals surface area (Å²) >= 11 is 4.68. The van der Waals surface area contributed by atoms with E-state index in [-0.39, 0.29) is 5.56 Å². The maximum absolute atomic E-state index is 12.3. The van der Waals surface area contributed by atoms with Gasteiger partial charge in [0.05, 0.1) is 21.3 Å². The predicted molar refractivity (Wildman–Crippen MR) is 79.8 cm³/mol. The van der Waals surface area contributed by atoms with Crippen LogP contribution in [0.4, 0.5) is 0 Å². The molecule has 0 saturated carbocycles. The van der Waals surface area contributed by atoms with Gasteiger partial charge in [0.1, 0.15) is 6.07 Å². The Labute approximate surface area is 121 Å². The van der Waals surface area contributed by atoms with Crippen molar-refractivity contribution in [1.82, 2.24) is 3.96 Å². The van der Waals surface area contributed by atoms with Crippen LogP contribution in [0.2, 0.25) is 0 Å². The minimum atomic E-state index is -0.0839. The molecule has 0 spiro atoms. The second kappa shape index (κ2) is 4.65. The maximum atomic E-state index is 12.3. The highest BCUT2D eigenvalue weighted by atomic mass is 79.9. The number of aromatic nitrogens is 1. The number of fused-ring (bicyclic) bond motifs is 1. The second-order valence-corrected chi connectivity index (χ2v) is 5.86. The fourth-order valence-corrected chi connectivity index (χ4v) is 3.30. The van der Waals surface area contributed by atoms with Gasteiger partial charge in [-0.2, -0.15) is 5.26 Å². The third-order valence-electron chi connectivity index (χ3n) is 2.79. The van der Waals surface area contributed by atoms with Gasteiger partial charge in [0, 0.05) is 4.47 Å². The Kier molecular flexibility index (Phi) is 2.97. The number of benzene rings is 2. The van der Waals surface area contributed by atoms with E-state index in [1.165, 1.54) is 11.5 Å². The first-order valence-electron chi connectivity index (χ1n) is 5.52. The van der Waals surface area contributed by atoms with Crippen molar-refractivity contribution < 1.29 is 0 Å². The first-order valence-corrected chi connectivity index (χ1v) is 7.08. The van der Waals surface area contributed by atoms with Crippen LogP contribution < -0.4 is 5.56 Å². The molecule has 0 fully saturated rings. The van der Waals surface area contributed by atoms with Crippen molar-refractivity contribution in [2.45, 2.75) is 0 Å². The summed E-state index contributed by atoms with van der Waals surface area (Å²) in [6.07, 6.45) is 0. The van der Waals surface area contributed by atoms with Crippen LogP contribution in [0.3, 0.4) is 0 Å². The molecule has 2 aromatic carbocycles. The number of rotatable bonds is 1. The molecule has 5 heteroatoms. The molecule has 3 rings (SSSR count). The van der Waals surface area contributed by atoms with Crippen LogP contribution in [0.1, 0.15) is 5.56 Å². The summed E-state index contributed by atoms with van der Waals surface area (Å²) in [4.78, 5) is 12.3. The highest BCUT2D eigenvalue weighted by Gasteiger charge is 2.12. The first-order chi connectivity index (χ1) is 9.20. The van der Waals surface area contributed by atoms with Crippen LogP contribution in [-0.4, -0.2) is 3.96 Å². The lowest BCUT2D eigenvalue weighted by Crippen LogP contribution is -2.11. The molecule has 1 heterocycles. The summed E-state index contributed by atoms with van der Waals surface area (Å²) < 4.78 is 3.30. The monoisotopic (exact) mass is 330 g/mol. The molecule has 0 radical (unpaired) electrons. The van der Waals surface area contributed by atoms with Crippen LogP contribution in [0.15, 0.2) is 51.7 Å². The van der Waals surface area contributed by atoms with E-state index in [9.17, 15) is 10.1 Å². The molecule has 0 aliphatic carbocycles. The van der Waals surface area contributed by atoms with Gasteiger partial charge >= 0.3 is 0 Å². The van der Waals surface area contributed by atoms with Gasteiger partial charge in [0.15, 0.2) is 0 Å². The molecule has 0 bridgehead atoms. The molecule has 0 aliphatic rings. The molecule has 3 nitrogen and oxygen atoms in total. The van der Waals surface area contributed by atoms with Gasteiger partial charge in [-0.25, -0.2) is 3.96 Å². The van der Waals surface area contributed by atoms with Gasteiger partial charge in [-0.1, -0.05) is 39.6 Å². The zero-order chi connectivity index (χ0) is 13.4. The number of nitriles is 1. The molecule has 0 amide bonds. The topological polar surface area (TPSA) is 45.8 Å². The average Bonchev–Trinajstić information content (AvgIpc) is 2.76. The third-order valence-corrected chi connectivity index (χ3v) is 4.38. The number of nitrogens with zero attached hydrogens (tertiary/aromatic N) is 2. The second-order valence-electron chi connectivity index (χ2n) is 3.96. The fourth-order valence-electron chi connectivity index (χ4n) is 1.91. The Balaban J connectivity index is 2.34. The summed E-state index contributed by atoms with van der Waals surface area (Å²) in [5.74, 6) is 0. The third kappa shape index (κ3) is 1.99. The zero-order valence-corrected chi connectivity index (χ0v) is 12.0. The van der Waals surface area contributed by atoms with Gasteiger partial charge in [-0.15, -0.1) is 0 Å². The van der Waals surface area contributed by atoms with E-state index in [4.69, 9.17) is 0 Å². The summed E-state index contributed by atoms with van der Waals surface area (Å²) in [5.41, 5.74) is 1.01. The largest absolute Gasteiger partial charge is 0.273 e. The van der Waals surface area contributed by atoms with Gasteiger partial charge in [0.2, 0.25) is 0 Å². The Morgan fingerprint density at radius 1 is 1.21 bits per heavy atom. The standard InChI is InChI=1S/C14H7BrN2OS/c15-10-5-6-12(9(7-10)8-16)17-14(18)11-3-1-2-4-13(11)19-17/h1-7H. The molecule has 0 N–H and O–H groups in total. The van der Waals surface area contributed by atoms with E-state index in [1.807, 2.05) is 24.3 Å². The summed E-state index contributed by atoms with van der Waals surface area (Å²) in [6.45, 7) is 0. The molecule has 0 atom stereocenters. The molecule has 3 aromatic rings. The highest BCUT2D eigenvalue weighted by Crippen LogP contribution is 2.24. The molecule has 0 aliphatic heterocycles. The summed E-state index contributed by atoms with van der Waals surface area (Å²) in [5, 5.41) is 9.87. The number of hydrogen-bond donors (Lipinski definition) is 0. The Morgan fingerprint density at radius 2 is 2.00 bits per heavy atom. The molecular weight excluding hydrogens is 324 g/mol. The smallest absolute Gasteiger partial charge is 0.267 e. The lowest BCUT2D eigenvalue weighted by Gasteiger charge is -2.03. The van der Waals surface area contributed by atoms with Crippen molar-refractivity contribution >= 4 is 37.5 Å². The summed E-state index contributed by atoms with van der Waals surface area (Å²) in [6, 6.07) is 14.9. The van der Waals surface area contributed by atoms with E-state index in [1.54, 1.807) is 22.2 Å². The van der Waals surface area contributed by atoms with E-state index >= 15 is 0 Å².